The van der Waals surface area contributed by atoms with E-state index in [2.05, 4.69) is 5.32 Å². The number of carbonyl (C=O) groups is 2. The second-order valence-electron chi connectivity index (χ2n) is 6.56. The molecule has 0 radical (unpaired) electrons. The Labute approximate surface area is 150 Å². The minimum Gasteiger partial charge on any atom is -0.351 e. The minimum absolute atomic E-state index is 0.0131. The van der Waals surface area contributed by atoms with Gasteiger partial charge in [-0.1, -0.05) is 25.3 Å². The van der Waals surface area contributed by atoms with Crippen LogP contribution in [0.15, 0.2) is 53.5 Å². The standard InChI is InChI=1S/C20H21FN2O3/c21-15-11-9-14(10-12-15)19(25)18(23-13-5-4-8-17(23)24)20(26)22-16-6-2-1-3-7-16/h4-5,8-13,16,18H,1-3,6-7H2,(H,22,26)/t18-/m0/s1. The lowest BCUT2D eigenvalue weighted by molar-refractivity contribution is -0.124. The Kier molecular flexibility index (Phi) is 5.61. The summed E-state index contributed by atoms with van der Waals surface area (Å²) in [6.07, 6.45) is 6.37. The zero-order valence-corrected chi connectivity index (χ0v) is 14.4. The molecule has 3 rings (SSSR count). The van der Waals surface area contributed by atoms with Gasteiger partial charge in [0.05, 0.1) is 0 Å². The maximum Gasteiger partial charge on any atom is 0.251 e. The summed E-state index contributed by atoms with van der Waals surface area (Å²) in [6, 6.07) is 8.14. The number of nitrogens with one attached hydrogen (secondary N) is 1. The molecule has 5 nitrogen and oxygen atoms in total. The van der Waals surface area contributed by atoms with Crippen LogP contribution in [0.2, 0.25) is 0 Å². The van der Waals surface area contributed by atoms with Crippen LogP contribution in [0.4, 0.5) is 4.39 Å². The van der Waals surface area contributed by atoms with Crippen LogP contribution in [-0.4, -0.2) is 22.3 Å². The first-order valence-corrected chi connectivity index (χ1v) is 8.83. The monoisotopic (exact) mass is 356 g/mol. The molecule has 1 aliphatic rings. The van der Waals surface area contributed by atoms with E-state index >= 15 is 0 Å². The highest BCUT2D eigenvalue weighted by atomic mass is 19.1. The topological polar surface area (TPSA) is 68.2 Å². The normalized spacial score (nSPS) is 16.0. The summed E-state index contributed by atoms with van der Waals surface area (Å²) in [5, 5.41) is 2.91. The van der Waals surface area contributed by atoms with Gasteiger partial charge in [0.15, 0.2) is 11.8 Å². The minimum atomic E-state index is -1.31. The SMILES string of the molecule is O=C(NC1CCCCC1)[C@H](C(=O)c1ccc(F)cc1)n1ccccc1=O. The van der Waals surface area contributed by atoms with Crippen molar-refractivity contribution in [1.82, 2.24) is 9.88 Å². The van der Waals surface area contributed by atoms with Gasteiger partial charge in [-0.3, -0.25) is 19.0 Å². The van der Waals surface area contributed by atoms with Crippen LogP contribution in [0.5, 0.6) is 0 Å². The number of Topliss-reactive ketones (excluding diaryl/α,β-unsaturated/α-hetero) is 1. The Hall–Kier alpha value is -2.76. The number of rotatable bonds is 5. The summed E-state index contributed by atoms with van der Waals surface area (Å²) in [4.78, 5) is 38.0. The molecule has 0 saturated heterocycles. The molecule has 1 aromatic heterocycles. The van der Waals surface area contributed by atoms with Crippen molar-refractivity contribution < 1.29 is 14.0 Å². The van der Waals surface area contributed by atoms with Crippen LogP contribution in [0.3, 0.4) is 0 Å². The lowest BCUT2D eigenvalue weighted by Gasteiger charge is -2.26. The molecule has 0 bridgehead atoms. The van der Waals surface area contributed by atoms with Crippen molar-refractivity contribution >= 4 is 11.7 Å². The van der Waals surface area contributed by atoms with Crippen molar-refractivity contribution in [2.24, 2.45) is 0 Å². The summed E-state index contributed by atoms with van der Waals surface area (Å²) < 4.78 is 14.3. The highest BCUT2D eigenvalue weighted by Gasteiger charge is 2.31. The molecule has 1 saturated carbocycles. The van der Waals surface area contributed by atoms with Crippen molar-refractivity contribution in [3.8, 4) is 0 Å². The largest absolute Gasteiger partial charge is 0.351 e. The van der Waals surface area contributed by atoms with E-state index < -0.39 is 29.1 Å². The molecule has 1 fully saturated rings. The predicted octanol–water partition coefficient (Wildman–Crippen LogP) is 2.86. The first-order valence-electron chi connectivity index (χ1n) is 8.83. The molecule has 1 N–H and O–H groups in total. The molecule has 1 aromatic carbocycles. The fourth-order valence-electron chi connectivity index (χ4n) is 3.32. The molecule has 6 heteroatoms. The van der Waals surface area contributed by atoms with Gasteiger partial charge in [0, 0.05) is 23.9 Å². The van der Waals surface area contributed by atoms with Gasteiger partial charge >= 0.3 is 0 Å². The number of hydrogen-bond donors (Lipinski definition) is 1. The Morgan fingerprint density at radius 1 is 1.04 bits per heavy atom. The Morgan fingerprint density at radius 3 is 2.38 bits per heavy atom. The average molecular weight is 356 g/mol. The Bertz CT molecular complexity index is 839. The molecule has 0 spiro atoms. The number of halogens is 1. The number of carbonyl (C=O) groups excluding carboxylic acids is 2. The van der Waals surface area contributed by atoms with E-state index in [1.54, 1.807) is 12.1 Å². The first kappa shape index (κ1) is 18.0. The molecule has 26 heavy (non-hydrogen) atoms. The van der Waals surface area contributed by atoms with Crippen LogP contribution in [0.25, 0.3) is 0 Å². The maximum absolute atomic E-state index is 13.2. The average Bonchev–Trinajstić information content (AvgIpc) is 2.65. The summed E-state index contributed by atoms with van der Waals surface area (Å²) in [5.41, 5.74) is -0.252. The van der Waals surface area contributed by atoms with Crippen LogP contribution < -0.4 is 10.9 Å². The molecular weight excluding hydrogens is 335 g/mol. The Morgan fingerprint density at radius 2 is 1.73 bits per heavy atom. The summed E-state index contributed by atoms with van der Waals surface area (Å²) in [5.74, 6) is -1.51. The van der Waals surface area contributed by atoms with Crippen LogP contribution in [0, 0.1) is 5.82 Å². The second kappa shape index (κ2) is 8.08. The fraction of sp³-hybridized carbons (Fsp3) is 0.350. The van der Waals surface area contributed by atoms with Crippen molar-refractivity contribution in [3.05, 3.63) is 70.4 Å². The van der Waals surface area contributed by atoms with Crippen molar-refractivity contribution in [2.45, 2.75) is 44.2 Å². The fourth-order valence-corrected chi connectivity index (χ4v) is 3.32. The molecule has 0 unspecified atom stereocenters. The van der Waals surface area contributed by atoms with Crippen LogP contribution in [-0.2, 0) is 4.79 Å². The quantitative estimate of drug-likeness (QED) is 0.662. The summed E-state index contributed by atoms with van der Waals surface area (Å²) in [6.45, 7) is 0. The van der Waals surface area contributed by atoms with Gasteiger partial charge in [-0.05, 0) is 43.2 Å². The molecule has 2 aromatic rings. The Balaban J connectivity index is 1.92. The van der Waals surface area contributed by atoms with E-state index in [1.807, 2.05) is 0 Å². The molecule has 1 aliphatic carbocycles. The van der Waals surface area contributed by atoms with Gasteiger partial charge in [0.1, 0.15) is 5.82 Å². The number of ketones is 1. The molecule has 1 atom stereocenters. The third-order valence-electron chi connectivity index (χ3n) is 4.71. The molecule has 1 heterocycles. The van der Waals surface area contributed by atoms with Crippen molar-refractivity contribution in [1.29, 1.82) is 0 Å². The molecule has 0 aliphatic heterocycles. The zero-order chi connectivity index (χ0) is 18.5. The number of aromatic nitrogens is 1. The van der Waals surface area contributed by atoms with Gasteiger partial charge < -0.3 is 5.32 Å². The van der Waals surface area contributed by atoms with Gasteiger partial charge in [-0.15, -0.1) is 0 Å². The van der Waals surface area contributed by atoms with Crippen LogP contribution >= 0.6 is 0 Å². The number of hydrogen-bond acceptors (Lipinski definition) is 3. The molecule has 136 valence electrons. The van der Waals surface area contributed by atoms with E-state index in [0.717, 1.165) is 48.8 Å². The predicted molar refractivity (Wildman–Crippen MR) is 95.5 cm³/mol. The van der Waals surface area contributed by atoms with Crippen LogP contribution in [0.1, 0.15) is 48.5 Å². The van der Waals surface area contributed by atoms with Gasteiger partial charge in [0.25, 0.3) is 11.5 Å². The molecular formula is C20H21FN2O3. The van der Waals surface area contributed by atoms with E-state index in [0.29, 0.717) is 0 Å². The third-order valence-corrected chi connectivity index (χ3v) is 4.71. The highest BCUT2D eigenvalue weighted by Crippen LogP contribution is 2.20. The smallest absolute Gasteiger partial charge is 0.251 e. The number of amides is 1. The lowest BCUT2D eigenvalue weighted by Crippen LogP contribution is -2.45. The van der Waals surface area contributed by atoms with E-state index in [4.69, 9.17) is 0 Å². The van der Waals surface area contributed by atoms with Crippen molar-refractivity contribution in [3.63, 3.8) is 0 Å². The number of pyridine rings is 1. The zero-order valence-electron chi connectivity index (χ0n) is 14.4. The van der Waals surface area contributed by atoms with Gasteiger partial charge in [-0.2, -0.15) is 0 Å². The molecule has 1 amide bonds. The second-order valence-corrected chi connectivity index (χ2v) is 6.56. The first-order chi connectivity index (χ1) is 12.6. The maximum atomic E-state index is 13.2. The van der Waals surface area contributed by atoms with Crippen molar-refractivity contribution in [2.75, 3.05) is 0 Å². The van der Waals surface area contributed by atoms with Gasteiger partial charge in [-0.25, -0.2) is 4.39 Å². The third kappa shape index (κ3) is 4.07. The van der Waals surface area contributed by atoms with E-state index in [1.165, 1.54) is 24.4 Å². The van der Waals surface area contributed by atoms with E-state index in [9.17, 15) is 18.8 Å². The van der Waals surface area contributed by atoms with Gasteiger partial charge in [0.2, 0.25) is 0 Å². The lowest BCUT2D eigenvalue weighted by atomic mass is 9.94. The summed E-state index contributed by atoms with van der Waals surface area (Å²) in [7, 11) is 0. The number of nitrogens with zero attached hydrogens (tertiary/aromatic N) is 1. The number of benzene rings is 1. The summed E-state index contributed by atoms with van der Waals surface area (Å²) >= 11 is 0. The van der Waals surface area contributed by atoms with E-state index in [-0.39, 0.29) is 11.6 Å². The highest BCUT2D eigenvalue weighted by molar-refractivity contribution is 6.11.